The smallest absolute Gasteiger partial charge is 0.136 e. The topological polar surface area (TPSA) is 64.4 Å². The van der Waals surface area contributed by atoms with Crippen molar-refractivity contribution in [3.05, 3.63) is 97.1 Å². The summed E-state index contributed by atoms with van der Waals surface area (Å²) in [6, 6.07) is 21.4. The molecule has 0 aliphatic carbocycles. The summed E-state index contributed by atoms with van der Waals surface area (Å²) >= 11 is 0. The molecule has 1 N–H and O–H groups in total. The fourth-order valence-electron chi connectivity index (χ4n) is 3.08. The molecule has 142 valence electrons. The van der Waals surface area contributed by atoms with Gasteiger partial charge < -0.3 is 13.9 Å². The van der Waals surface area contributed by atoms with Crippen LogP contribution >= 0.6 is 0 Å². The molecule has 0 atom stereocenters. The number of aromatic amines is 1. The van der Waals surface area contributed by atoms with Crippen molar-refractivity contribution in [2.24, 2.45) is 0 Å². The Balaban J connectivity index is 1.20. The molecule has 3 heterocycles. The molecule has 0 bridgehead atoms. The van der Waals surface area contributed by atoms with Gasteiger partial charge in [0.1, 0.15) is 29.5 Å². The summed E-state index contributed by atoms with van der Waals surface area (Å²) in [5, 5.41) is 6.92. The molecule has 6 heteroatoms. The Morgan fingerprint density at radius 3 is 2.31 bits per heavy atom. The zero-order valence-corrected chi connectivity index (χ0v) is 15.5. The van der Waals surface area contributed by atoms with Crippen LogP contribution in [0.25, 0.3) is 16.9 Å². The summed E-state index contributed by atoms with van der Waals surface area (Å²) < 4.78 is 13.8. The first-order valence-electron chi connectivity index (χ1n) is 9.26. The van der Waals surface area contributed by atoms with Gasteiger partial charge in [0, 0.05) is 30.4 Å². The normalized spacial score (nSPS) is 10.9. The number of fused-ring (bicyclic) bond motifs is 1. The number of pyridine rings is 1. The average Bonchev–Trinajstić information content (AvgIpc) is 3.46. The first-order chi connectivity index (χ1) is 14.3. The molecule has 0 saturated carbocycles. The summed E-state index contributed by atoms with van der Waals surface area (Å²) in [7, 11) is 0. The molecule has 2 aromatic carbocycles. The van der Waals surface area contributed by atoms with E-state index in [0.717, 1.165) is 39.7 Å². The summed E-state index contributed by atoms with van der Waals surface area (Å²) in [4.78, 5) is 4.24. The van der Waals surface area contributed by atoms with E-state index in [-0.39, 0.29) is 0 Å². The maximum atomic E-state index is 5.92. The first kappa shape index (κ1) is 17.1. The van der Waals surface area contributed by atoms with E-state index in [9.17, 15) is 0 Å². The molecule has 0 spiro atoms. The Hall–Kier alpha value is -4.06. The van der Waals surface area contributed by atoms with Crippen LogP contribution in [0.4, 0.5) is 0 Å². The quantitative estimate of drug-likeness (QED) is 0.444. The van der Waals surface area contributed by atoms with Crippen LogP contribution < -0.4 is 9.47 Å². The highest BCUT2D eigenvalue weighted by molar-refractivity contribution is 5.59. The van der Waals surface area contributed by atoms with Crippen molar-refractivity contribution < 1.29 is 9.47 Å². The Kier molecular flexibility index (Phi) is 4.42. The molecule has 0 aliphatic rings. The Bertz CT molecular complexity index is 1210. The van der Waals surface area contributed by atoms with Crippen molar-refractivity contribution >= 4 is 5.65 Å². The minimum atomic E-state index is 0.489. The summed E-state index contributed by atoms with van der Waals surface area (Å²) in [6.07, 6.45) is 7.46. The Labute approximate surface area is 167 Å². The van der Waals surface area contributed by atoms with Gasteiger partial charge in [0.2, 0.25) is 0 Å². The van der Waals surface area contributed by atoms with Crippen LogP contribution in [-0.4, -0.2) is 19.6 Å². The van der Waals surface area contributed by atoms with E-state index in [1.807, 2.05) is 83.5 Å². The molecule has 0 aliphatic heterocycles. The Morgan fingerprint density at radius 2 is 1.55 bits per heavy atom. The molecule has 0 radical (unpaired) electrons. The number of H-pyrrole nitrogens is 1. The lowest BCUT2D eigenvalue weighted by atomic mass is 10.1. The third-order valence-corrected chi connectivity index (χ3v) is 4.58. The van der Waals surface area contributed by atoms with Gasteiger partial charge in [-0.1, -0.05) is 6.07 Å². The number of aromatic nitrogens is 4. The van der Waals surface area contributed by atoms with Gasteiger partial charge >= 0.3 is 0 Å². The standard InChI is InChI=1S/C23H18N4O2/c1-10-23-24-13-14-27(23)15-17(1)16-28-19-6-8-21(9-7-19)29-20-4-2-18(3-5-20)22-11-12-25-26-22/h1-15H,16H2,(H,25,26). The third-order valence-electron chi connectivity index (χ3n) is 4.58. The number of nitrogens with zero attached hydrogens (tertiary/aromatic N) is 3. The molecular weight excluding hydrogens is 364 g/mol. The molecule has 5 aromatic rings. The highest BCUT2D eigenvalue weighted by Crippen LogP contribution is 2.26. The molecule has 0 saturated heterocycles. The second-order valence-electron chi connectivity index (χ2n) is 6.59. The van der Waals surface area contributed by atoms with Crippen LogP contribution in [0.2, 0.25) is 0 Å². The van der Waals surface area contributed by atoms with Crippen molar-refractivity contribution in [2.45, 2.75) is 6.61 Å². The first-order valence-corrected chi connectivity index (χ1v) is 9.26. The minimum Gasteiger partial charge on any atom is -0.489 e. The number of hydrogen-bond acceptors (Lipinski definition) is 4. The van der Waals surface area contributed by atoms with Crippen molar-refractivity contribution in [1.29, 1.82) is 0 Å². The lowest BCUT2D eigenvalue weighted by Gasteiger charge is -2.09. The number of rotatable bonds is 6. The van der Waals surface area contributed by atoms with Gasteiger partial charge in [0.25, 0.3) is 0 Å². The van der Waals surface area contributed by atoms with E-state index in [1.54, 1.807) is 12.4 Å². The molecule has 0 amide bonds. The molecule has 6 nitrogen and oxygen atoms in total. The summed E-state index contributed by atoms with van der Waals surface area (Å²) in [6.45, 7) is 0.489. The lowest BCUT2D eigenvalue weighted by Crippen LogP contribution is -1.97. The lowest BCUT2D eigenvalue weighted by molar-refractivity contribution is 0.305. The van der Waals surface area contributed by atoms with E-state index in [4.69, 9.17) is 9.47 Å². The molecular formula is C23H18N4O2. The number of hydrogen-bond donors (Lipinski definition) is 1. The average molecular weight is 382 g/mol. The van der Waals surface area contributed by atoms with Crippen molar-refractivity contribution in [1.82, 2.24) is 19.6 Å². The van der Waals surface area contributed by atoms with Crippen LogP contribution in [0.5, 0.6) is 17.2 Å². The molecule has 3 aromatic heterocycles. The van der Waals surface area contributed by atoms with Crippen LogP contribution in [0.15, 0.2) is 91.5 Å². The highest BCUT2D eigenvalue weighted by Gasteiger charge is 2.03. The van der Waals surface area contributed by atoms with Gasteiger partial charge in [-0.3, -0.25) is 5.10 Å². The largest absolute Gasteiger partial charge is 0.489 e. The van der Waals surface area contributed by atoms with Crippen molar-refractivity contribution in [3.63, 3.8) is 0 Å². The fraction of sp³-hybridized carbons (Fsp3) is 0.0435. The SMILES string of the molecule is c1cc(-c2ccc(Oc3ccc(OCc4ccc5nccn5c4)cc3)cc2)[nH]n1. The van der Waals surface area contributed by atoms with Gasteiger partial charge in [0.15, 0.2) is 0 Å². The second-order valence-corrected chi connectivity index (χ2v) is 6.59. The van der Waals surface area contributed by atoms with E-state index in [1.165, 1.54) is 0 Å². The fourth-order valence-corrected chi connectivity index (χ4v) is 3.08. The number of benzene rings is 2. The molecule has 29 heavy (non-hydrogen) atoms. The zero-order chi connectivity index (χ0) is 19.5. The van der Waals surface area contributed by atoms with Crippen LogP contribution in [-0.2, 0) is 6.61 Å². The van der Waals surface area contributed by atoms with Gasteiger partial charge in [-0.05, 0) is 66.2 Å². The van der Waals surface area contributed by atoms with E-state index < -0.39 is 0 Å². The van der Waals surface area contributed by atoms with Gasteiger partial charge in [-0.25, -0.2) is 4.98 Å². The summed E-state index contributed by atoms with van der Waals surface area (Å²) in [5.74, 6) is 2.32. The zero-order valence-electron chi connectivity index (χ0n) is 15.5. The molecule has 0 unspecified atom stereocenters. The number of imidazole rings is 1. The molecule has 5 rings (SSSR count). The monoisotopic (exact) mass is 382 g/mol. The van der Waals surface area contributed by atoms with Crippen molar-refractivity contribution in [2.75, 3.05) is 0 Å². The highest BCUT2D eigenvalue weighted by atomic mass is 16.5. The van der Waals surface area contributed by atoms with Crippen LogP contribution in [0, 0.1) is 0 Å². The summed E-state index contributed by atoms with van der Waals surface area (Å²) in [5.41, 5.74) is 4.04. The predicted molar refractivity (Wildman–Crippen MR) is 110 cm³/mol. The van der Waals surface area contributed by atoms with Crippen LogP contribution in [0.1, 0.15) is 5.56 Å². The third kappa shape index (κ3) is 3.82. The van der Waals surface area contributed by atoms with E-state index >= 15 is 0 Å². The van der Waals surface area contributed by atoms with Crippen LogP contribution in [0.3, 0.4) is 0 Å². The van der Waals surface area contributed by atoms with Gasteiger partial charge in [0.05, 0.1) is 5.69 Å². The van der Waals surface area contributed by atoms with Crippen molar-refractivity contribution in [3.8, 4) is 28.5 Å². The Morgan fingerprint density at radius 1 is 0.793 bits per heavy atom. The van der Waals surface area contributed by atoms with Gasteiger partial charge in [-0.2, -0.15) is 5.10 Å². The number of ether oxygens (including phenoxy) is 2. The predicted octanol–water partition coefficient (Wildman–Crippen LogP) is 5.10. The number of nitrogens with one attached hydrogen (secondary N) is 1. The van der Waals surface area contributed by atoms with E-state index in [0.29, 0.717) is 6.61 Å². The van der Waals surface area contributed by atoms with E-state index in [2.05, 4.69) is 15.2 Å². The second kappa shape index (κ2) is 7.52. The molecule has 0 fully saturated rings. The van der Waals surface area contributed by atoms with Gasteiger partial charge in [-0.15, -0.1) is 0 Å². The maximum absolute atomic E-state index is 5.92. The minimum absolute atomic E-state index is 0.489. The maximum Gasteiger partial charge on any atom is 0.136 e.